The second-order valence-electron chi connectivity index (χ2n) is 6.13. The van der Waals surface area contributed by atoms with Gasteiger partial charge in [-0.1, -0.05) is 6.92 Å². The number of hydrogen-bond acceptors (Lipinski definition) is 1. The van der Waals surface area contributed by atoms with Crippen molar-refractivity contribution in [1.82, 2.24) is 0 Å². The van der Waals surface area contributed by atoms with E-state index >= 15 is 0 Å². The van der Waals surface area contributed by atoms with Gasteiger partial charge < -0.3 is 5.11 Å². The fourth-order valence-electron chi connectivity index (χ4n) is 4.95. The van der Waals surface area contributed by atoms with Crippen molar-refractivity contribution in [3.8, 4) is 0 Å². The number of carbonyl (C=O) groups is 1. The molecule has 15 heavy (non-hydrogen) atoms. The Hall–Kier alpha value is -0.530. The van der Waals surface area contributed by atoms with E-state index in [9.17, 15) is 4.79 Å². The van der Waals surface area contributed by atoms with Crippen LogP contribution in [0.25, 0.3) is 0 Å². The predicted molar refractivity (Wildman–Crippen MR) is 57.3 cm³/mol. The molecule has 0 amide bonds. The fraction of sp³-hybridized carbons (Fsp3) is 0.923. The van der Waals surface area contributed by atoms with Crippen molar-refractivity contribution in [3.05, 3.63) is 0 Å². The van der Waals surface area contributed by atoms with E-state index in [-0.39, 0.29) is 5.92 Å². The zero-order valence-electron chi connectivity index (χ0n) is 9.36. The van der Waals surface area contributed by atoms with Gasteiger partial charge in [0, 0.05) is 0 Å². The molecule has 4 fully saturated rings. The zero-order chi connectivity index (χ0) is 10.6. The monoisotopic (exact) mass is 208 g/mol. The average Bonchev–Trinajstić information content (AvgIpc) is 2.15. The smallest absolute Gasteiger partial charge is 0.306 e. The molecular weight excluding hydrogens is 188 g/mol. The molecule has 2 heteroatoms. The normalized spacial score (nSPS) is 49.3. The highest BCUT2D eigenvalue weighted by molar-refractivity contribution is 5.70. The van der Waals surface area contributed by atoms with E-state index < -0.39 is 5.97 Å². The molecule has 84 valence electrons. The van der Waals surface area contributed by atoms with Crippen LogP contribution in [0.2, 0.25) is 0 Å². The summed E-state index contributed by atoms with van der Waals surface area (Å²) in [5, 5.41) is 9.17. The number of rotatable bonds is 2. The van der Waals surface area contributed by atoms with Gasteiger partial charge in [0.05, 0.1) is 5.92 Å². The third-order valence-electron chi connectivity index (χ3n) is 5.27. The summed E-state index contributed by atoms with van der Waals surface area (Å²) in [6.07, 6.45) is 6.76. The highest BCUT2D eigenvalue weighted by atomic mass is 16.4. The molecule has 4 saturated carbocycles. The lowest BCUT2D eigenvalue weighted by Gasteiger charge is -2.55. The highest BCUT2D eigenvalue weighted by Crippen LogP contribution is 2.58. The van der Waals surface area contributed by atoms with Crippen molar-refractivity contribution >= 4 is 5.97 Å². The Kier molecular flexibility index (Phi) is 2.08. The lowest BCUT2D eigenvalue weighted by atomic mass is 9.50. The Morgan fingerprint density at radius 1 is 1.07 bits per heavy atom. The van der Waals surface area contributed by atoms with Crippen molar-refractivity contribution in [2.24, 2.45) is 35.5 Å². The molecule has 4 aliphatic carbocycles. The molecular formula is C13H20O2. The van der Waals surface area contributed by atoms with E-state index in [4.69, 9.17) is 5.11 Å². The molecule has 0 heterocycles. The summed E-state index contributed by atoms with van der Waals surface area (Å²) < 4.78 is 0. The standard InChI is InChI=1S/C13H20O2/c1-7(13(14)15)12-10-3-8-2-9(5-10)6-11(12)4-8/h7-12H,2-6H2,1H3,(H,14,15). The van der Waals surface area contributed by atoms with Crippen molar-refractivity contribution in [1.29, 1.82) is 0 Å². The maximum absolute atomic E-state index is 11.1. The first-order valence-electron chi connectivity index (χ1n) is 6.38. The van der Waals surface area contributed by atoms with Crippen LogP contribution in [-0.4, -0.2) is 11.1 Å². The van der Waals surface area contributed by atoms with Gasteiger partial charge in [-0.2, -0.15) is 0 Å². The van der Waals surface area contributed by atoms with Crippen LogP contribution in [0.4, 0.5) is 0 Å². The maximum atomic E-state index is 11.1. The van der Waals surface area contributed by atoms with Crippen LogP contribution in [0.15, 0.2) is 0 Å². The second-order valence-corrected chi connectivity index (χ2v) is 6.13. The molecule has 0 aliphatic heterocycles. The quantitative estimate of drug-likeness (QED) is 0.757. The molecule has 0 saturated heterocycles. The van der Waals surface area contributed by atoms with Crippen LogP contribution in [0.1, 0.15) is 39.0 Å². The second kappa shape index (κ2) is 3.23. The number of aliphatic carboxylic acids is 1. The van der Waals surface area contributed by atoms with Crippen molar-refractivity contribution in [2.45, 2.75) is 39.0 Å². The lowest BCUT2D eigenvalue weighted by Crippen LogP contribution is -2.48. The van der Waals surface area contributed by atoms with E-state index in [1.54, 1.807) is 0 Å². The van der Waals surface area contributed by atoms with E-state index in [2.05, 4.69) is 0 Å². The Balaban J connectivity index is 1.83. The minimum absolute atomic E-state index is 0.111. The Morgan fingerprint density at radius 2 is 1.53 bits per heavy atom. The number of carboxylic acid groups (broad SMARTS) is 1. The summed E-state index contributed by atoms with van der Waals surface area (Å²) in [5.41, 5.74) is 0. The molecule has 2 nitrogen and oxygen atoms in total. The van der Waals surface area contributed by atoms with E-state index in [1.807, 2.05) is 6.92 Å². The zero-order valence-corrected chi connectivity index (χ0v) is 9.36. The van der Waals surface area contributed by atoms with Gasteiger partial charge in [0.25, 0.3) is 0 Å². The van der Waals surface area contributed by atoms with Crippen LogP contribution in [0.3, 0.4) is 0 Å². The molecule has 1 unspecified atom stereocenters. The molecule has 1 N–H and O–H groups in total. The summed E-state index contributed by atoms with van der Waals surface area (Å²) >= 11 is 0. The van der Waals surface area contributed by atoms with Crippen LogP contribution < -0.4 is 0 Å². The number of carboxylic acids is 1. The molecule has 0 aromatic rings. The van der Waals surface area contributed by atoms with Gasteiger partial charge in [0.1, 0.15) is 0 Å². The van der Waals surface area contributed by atoms with Gasteiger partial charge in [-0.15, -0.1) is 0 Å². The van der Waals surface area contributed by atoms with Crippen LogP contribution >= 0.6 is 0 Å². The fourth-order valence-corrected chi connectivity index (χ4v) is 4.95. The van der Waals surface area contributed by atoms with Gasteiger partial charge in [-0.25, -0.2) is 0 Å². The molecule has 1 atom stereocenters. The van der Waals surface area contributed by atoms with Gasteiger partial charge in [-0.3, -0.25) is 4.79 Å². The average molecular weight is 208 g/mol. The van der Waals surface area contributed by atoms with Crippen molar-refractivity contribution in [3.63, 3.8) is 0 Å². The van der Waals surface area contributed by atoms with Crippen molar-refractivity contribution in [2.75, 3.05) is 0 Å². The molecule has 4 aliphatic rings. The first-order valence-corrected chi connectivity index (χ1v) is 6.38. The molecule has 0 spiro atoms. The number of hydrogen-bond donors (Lipinski definition) is 1. The molecule has 0 aromatic carbocycles. The summed E-state index contributed by atoms with van der Waals surface area (Å²) in [6, 6.07) is 0. The third-order valence-corrected chi connectivity index (χ3v) is 5.27. The predicted octanol–water partition coefficient (Wildman–Crippen LogP) is 2.78. The first-order chi connectivity index (χ1) is 7.15. The molecule has 0 aromatic heterocycles. The Bertz CT molecular complexity index is 256. The van der Waals surface area contributed by atoms with Crippen LogP contribution in [0.5, 0.6) is 0 Å². The minimum atomic E-state index is -0.576. The van der Waals surface area contributed by atoms with Crippen LogP contribution in [0, 0.1) is 35.5 Å². The van der Waals surface area contributed by atoms with Crippen molar-refractivity contribution < 1.29 is 9.90 Å². The topological polar surface area (TPSA) is 37.3 Å². The highest BCUT2D eigenvalue weighted by Gasteiger charge is 2.50. The molecule has 0 radical (unpaired) electrons. The van der Waals surface area contributed by atoms with E-state index in [0.717, 1.165) is 23.7 Å². The van der Waals surface area contributed by atoms with Gasteiger partial charge in [-0.05, 0) is 61.7 Å². The van der Waals surface area contributed by atoms with E-state index in [1.165, 1.54) is 32.1 Å². The van der Waals surface area contributed by atoms with Gasteiger partial charge in [0.2, 0.25) is 0 Å². The van der Waals surface area contributed by atoms with Gasteiger partial charge >= 0.3 is 5.97 Å². The SMILES string of the molecule is CC(C(=O)O)C1C2CC3CC(C2)CC1C3. The summed E-state index contributed by atoms with van der Waals surface area (Å²) in [5.74, 6) is 3.19. The Morgan fingerprint density at radius 3 is 1.93 bits per heavy atom. The largest absolute Gasteiger partial charge is 0.481 e. The van der Waals surface area contributed by atoms with E-state index in [0.29, 0.717) is 5.92 Å². The maximum Gasteiger partial charge on any atom is 0.306 e. The first kappa shape index (κ1) is 9.68. The molecule has 4 rings (SSSR count). The van der Waals surface area contributed by atoms with Gasteiger partial charge in [0.15, 0.2) is 0 Å². The summed E-state index contributed by atoms with van der Waals surface area (Å²) in [4.78, 5) is 11.1. The lowest BCUT2D eigenvalue weighted by molar-refractivity contribution is -0.150. The Labute approximate surface area is 91.1 Å². The van der Waals surface area contributed by atoms with Crippen LogP contribution in [-0.2, 0) is 4.79 Å². The molecule has 4 bridgehead atoms. The minimum Gasteiger partial charge on any atom is -0.481 e. The third kappa shape index (κ3) is 1.41. The summed E-state index contributed by atoms with van der Waals surface area (Å²) in [7, 11) is 0. The summed E-state index contributed by atoms with van der Waals surface area (Å²) in [6.45, 7) is 1.93.